The molecule has 0 aromatic carbocycles. The summed E-state index contributed by atoms with van der Waals surface area (Å²) >= 11 is 0. The smallest absolute Gasteiger partial charge is 0.325 e. The van der Waals surface area contributed by atoms with E-state index in [-0.39, 0.29) is 5.97 Å². The van der Waals surface area contributed by atoms with Crippen molar-refractivity contribution >= 4 is 14.0 Å². The van der Waals surface area contributed by atoms with Gasteiger partial charge in [-0.25, -0.2) is 0 Å². The zero-order valence-corrected chi connectivity index (χ0v) is 14.6. The van der Waals surface area contributed by atoms with Crippen LogP contribution >= 0.6 is 0 Å². The van der Waals surface area contributed by atoms with Gasteiger partial charge >= 0.3 is 8.05 Å². The highest BCUT2D eigenvalue weighted by molar-refractivity contribution is 6.05. The molecule has 21 heavy (non-hydrogen) atoms. The van der Waals surface area contributed by atoms with E-state index in [9.17, 15) is 4.79 Å². The van der Waals surface area contributed by atoms with Gasteiger partial charge in [-0.1, -0.05) is 96.8 Å². The van der Waals surface area contributed by atoms with E-state index >= 15 is 0 Å². The average molecular weight is 296 g/mol. The number of carbonyl (C=O) groups excluding carboxylic acids is 1. The van der Waals surface area contributed by atoms with Crippen molar-refractivity contribution < 1.29 is 9.45 Å². The Bertz CT molecular complexity index is 219. The minimum absolute atomic E-state index is 0.0651. The van der Waals surface area contributed by atoms with Gasteiger partial charge in [-0.05, 0) is 6.42 Å². The van der Waals surface area contributed by atoms with Gasteiger partial charge in [0.1, 0.15) is 0 Å². The number of hydrogen-bond acceptors (Lipinski definition) is 2. The zero-order chi connectivity index (χ0) is 15.6. The summed E-state index contributed by atoms with van der Waals surface area (Å²) in [5, 5.41) is 0. The highest BCUT2D eigenvalue weighted by atomic mass is 16.5. The molecule has 0 atom stereocenters. The summed E-state index contributed by atoms with van der Waals surface area (Å²) in [6, 6.07) is 0. The summed E-state index contributed by atoms with van der Waals surface area (Å²) in [5.41, 5.74) is 0. The molecule has 0 N–H and O–H groups in total. The van der Waals surface area contributed by atoms with Crippen LogP contribution in [0.1, 0.15) is 110 Å². The fourth-order valence-electron chi connectivity index (χ4n) is 2.74. The summed E-state index contributed by atoms with van der Waals surface area (Å²) in [5.74, 6) is -0.0651. The molecule has 0 aliphatic heterocycles. The summed E-state index contributed by atoms with van der Waals surface area (Å²) in [4.78, 5) is 10.9. The van der Waals surface area contributed by atoms with Gasteiger partial charge in [-0.2, -0.15) is 0 Å². The van der Waals surface area contributed by atoms with Crippen LogP contribution in [-0.2, 0) is 9.45 Å². The van der Waals surface area contributed by atoms with E-state index in [1.54, 1.807) is 0 Å². The van der Waals surface area contributed by atoms with Gasteiger partial charge in [0.05, 0.1) is 0 Å². The average Bonchev–Trinajstić information content (AvgIpc) is 2.50. The first kappa shape index (κ1) is 20.5. The molecular weight excluding hydrogens is 259 g/mol. The first-order chi connectivity index (χ1) is 10.3. The van der Waals surface area contributed by atoms with Gasteiger partial charge in [0.25, 0.3) is 5.97 Å². The van der Waals surface area contributed by atoms with Crippen molar-refractivity contribution in [2.75, 3.05) is 0 Å². The van der Waals surface area contributed by atoms with Crippen molar-refractivity contribution in [1.82, 2.24) is 0 Å². The van der Waals surface area contributed by atoms with Crippen LogP contribution in [0.3, 0.4) is 0 Å². The van der Waals surface area contributed by atoms with Crippen LogP contribution in [0.25, 0.3) is 0 Å². The lowest BCUT2D eigenvalue weighted by atomic mass is 10.0. The lowest BCUT2D eigenvalue weighted by Crippen LogP contribution is -2.00. The number of unbranched alkanes of at least 4 members (excludes halogenated alkanes) is 14. The number of hydrogen-bond donors (Lipinski definition) is 0. The fraction of sp³-hybridized carbons (Fsp3) is 0.944. The van der Waals surface area contributed by atoms with Crippen LogP contribution in [0.4, 0.5) is 0 Å². The largest absolute Gasteiger partial charge is 0.543 e. The van der Waals surface area contributed by atoms with E-state index in [4.69, 9.17) is 0 Å². The Balaban J connectivity index is 2.98. The topological polar surface area (TPSA) is 26.3 Å². The fourth-order valence-corrected chi connectivity index (χ4v) is 2.74. The second kappa shape index (κ2) is 17.6. The summed E-state index contributed by atoms with van der Waals surface area (Å²) in [6.07, 6.45) is 20.9. The van der Waals surface area contributed by atoms with E-state index in [1.807, 2.05) is 0 Å². The molecule has 0 aliphatic rings. The molecule has 0 spiro atoms. The molecule has 0 unspecified atom stereocenters. The van der Waals surface area contributed by atoms with Gasteiger partial charge in [0, 0.05) is 6.42 Å². The highest BCUT2D eigenvalue weighted by Gasteiger charge is 1.98. The van der Waals surface area contributed by atoms with Crippen molar-refractivity contribution in [3.05, 3.63) is 0 Å². The van der Waals surface area contributed by atoms with Gasteiger partial charge in [-0.15, -0.1) is 0 Å². The summed E-state index contributed by atoms with van der Waals surface area (Å²) in [7, 11) is 1.47. The third kappa shape index (κ3) is 17.5. The molecule has 0 bridgehead atoms. The second-order valence-electron chi connectivity index (χ2n) is 6.28. The molecule has 0 radical (unpaired) electrons. The first-order valence-corrected chi connectivity index (χ1v) is 9.38. The molecular formula is C18H37BO2. The van der Waals surface area contributed by atoms with Gasteiger partial charge < -0.3 is 4.65 Å². The molecule has 0 amide bonds. The Morgan fingerprint density at radius 1 is 0.667 bits per heavy atom. The molecule has 124 valence electrons. The Morgan fingerprint density at radius 3 is 1.33 bits per heavy atom. The maximum absolute atomic E-state index is 10.9. The predicted octanol–water partition coefficient (Wildman–Crippen LogP) is 5.34. The van der Waals surface area contributed by atoms with Gasteiger partial charge in [0.15, 0.2) is 0 Å². The Morgan fingerprint density at radius 2 is 1.00 bits per heavy atom. The van der Waals surface area contributed by atoms with Crippen LogP contribution < -0.4 is 0 Å². The quantitative estimate of drug-likeness (QED) is 0.284. The molecule has 0 saturated carbocycles. The van der Waals surface area contributed by atoms with Crippen molar-refractivity contribution in [2.24, 2.45) is 0 Å². The van der Waals surface area contributed by atoms with Gasteiger partial charge in [0.2, 0.25) is 0 Å². The van der Waals surface area contributed by atoms with Crippen molar-refractivity contribution in [3.63, 3.8) is 0 Å². The molecule has 0 aromatic heterocycles. The molecule has 0 rings (SSSR count). The Labute approximate surface area is 133 Å². The third-order valence-corrected chi connectivity index (χ3v) is 4.21. The van der Waals surface area contributed by atoms with E-state index < -0.39 is 0 Å². The molecule has 0 heterocycles. The van der Waals surface area contributed by atoms with Crippen LogP contribution in [0.5, 0.6) is 0 Å². The van der Waals surface area contributed by atoms with E-state index in [1.165, 1.54) is 97.9 Å². The van der Waals surface area contributed by atoms with Crippen LogP contribution in [0.15, 0.2) is 0 Å². The maximum atomic E-state index is 10.9. The lowest BCUT2D eigenvalue weighted by Gasteiger charge is -2.03. The highest BCUT2D eigenvalue weighted by Crippen LogP contribution is 2.13. The third-order valence-electron chi connectivity index (χ3n) is 4.21. The zero-order valence-electron chi connectivity index (χ0n) is 14.6. The van der Waals surface area contributed by atoms with Crippen LogP contribution in [0.2, 0.25) is 0 Å². The maximum Gasteiger partial charge on any atom is 0.325 e. The van der Waals surface area contributed by atoms with Crippen LogP contribution in [-0.4, -0.2) is 14.0 Å². The molecule has 3 heteroatoms. The first-order valence-electron chi connectivity index (χ1n) is 9.38. The molecule has 2 nitrogen and oxygen atoms in total. The van der Waals surface area contributed by atoms with Gasteiger partial charge in [-0.3, -0.25) is 4.79 Å². The summed E-state index contributed by atoms with van der Waals surface area (Å²) in [6.45, 7) is 2.28. The number of carbonyl (C=O) groups is 1. The molecule has 0 aromatic rings. The Hall–Kier alpha value is -0.465. The Kier molecular flexibility index (Phi) is 17.2. The van der Waals surface area contributed by atoms with Crippen molar-refractivity contribution in [2.45, 2.75) is 110 Å². The number of rotatable bonds is 16. The molecule has 0 saturated heterocycles. The van der Waals surface area contributed by atoms with E-state index in [2.05, 4.69) is 11.6 Å². The normalized spacial score (nSPS) is 10.7. The minimum atomic E-state index is -0.0651. The molecule has 0 fully saturated rings. The lowest BCUT2D eigenvalue weighted by molar-refractivity contribution is -0.134. The van der Waals surface area contributed by atoms with Crippen LogP contribution in [0, 0.1) is 0 Å². The standard InChI is InChI=1S/C18H37BO2/c1-2-3-4-5-6-7-8-9-10-11-12-13-14-15-16-17-18(20)21-19/h2-17,19H2,1H3. The van der Waals surface area contributed by atoms with Crippen molar-refractivity contribution in [1.29, 1.82) is 0 Å². The minimum Gasteiger partial charge on any atom is -0.543 e. The van der Waals surface area contributed by atoms with Crippen molar-refractivity contribution in [3.8, 4) is 0 Å². The SMILES string of the molecule is BOC(=O)CCCCCCCCCCCCCCCCC. The predicted molar refractivity (Wildman–Crippen MR) is 94.2 cm³/mol. The monoisotopic (exact) mass is 296 g/mol. The van der Waals surface area contributed by atoms with E-state index in [0.717, 1.165) is 6.42 Å². The van der Waals surface area contributed by atoms with E-state index in [0.29, 0.717) is 6.42 Å². The summed E-state index contributed by atoms with van der Waals surface area (Å²) < 4.78 is 4.63. The second-order valence-corrected chi connectivity index (χ2v) is 6.28. The molecule has 0 aliphatic carbocycles.